The van der Waals surface area contributed by atoms with Crippen molar-refractivity contribution in [3.63, 3.8) is 0 Å². The number of hydrogen-bond donors (Lipinski definition) is 2. The van der Waals surface area contributed by atoms with Crippen LogP contribution in [0.15, 0.2) is 34.0 Å². The summed E-state index contributed by atoms with van der Waals surface area (Å²) in [5.41, 5.74) is 1.04. The lowest BCUT2D eigenvalue weighted by Gasteiger charge is -2.10. The van der Waals surface area contributed by atoms with Gasteiger partial charge in [-0.15, -0.1) is 24.0 Å². The van der Waals surface area contributed by atoms with Crippen molar-refractivity contribution in [1.82, 2.24) is 25.6 Å². The van der Waals surface area contributed by atoms with E-state index in [0.717, 1.165) is 43.3 Å². The van der Waals surface area contributed by atoms with Crippen LogP contribution in [0.25, 0.3) is 0 Å². The quantitative estimate of drug-likeness (QED) is 0.371. The maximum Gasteiger partial charge on any atom is 0.191 e. The predicted octanol–water partition coefficient (Wildman–Crippen LogP) is 2.76. The van der Waals surface area contributed by atoms with Crippen molar-refractivity contribution in [2.45, 2.75) is 45.7 Å². The van der Waals surface area contributed by atoms with Gasteiger partial charge in [0.2, 0.25) is 0 Å². The summed E-state index contributed by atoms with van der Waals surface area (Å²) in [5.74, 6) is 2.03. The molecule has 2 N–H and O–H groups in total. The second-order valence-electron chi connectivity index (χ2n) is 5.35. The molecule has 2 rings (SSSR count). The Labute approximate surface area is 160 Å². The Kier molecular flexibility index (Phi) is 9.43. The van der Waals surface area contributed by atoms with Crippen molar-refractivity contribution >= 4 is 29.9 Å². The molecule has 2 aromatic heterocycles. The highest BCUT2D eigenvalue weighted by atomic mass is 127. The first-order chi connectivity index (χ1) is 11.3. The summed E-state index contributed by atoms with van der Waals surface area (Å²) >= 11 is 0. The Balaban J connectivity index is 0.00000288. The van der Waals surface area contributed by atoms with Crippen LogP contribution in [-0.2, 0) is 13.1 Å². The zero-order valence-electron chi connectivity index (χ0n) is 14.5. The standard InChI is InChI=1S/C16H26N6O.HI/c1-4-13(5-2)15-11-14(23-21-15)12-19-16(17-3)18-8-10-22-9-6-7-20-22;/h6-7,9,11,13H,4-5,8,10,12H2,1-3H3,(H2,17,18,19);1H. The van der Waals surface area contributed by atoms with Gasteiger partial charge in [0.05, 0.1) is 18.8 Å². The summed E-state index contributed by atoms with van der Waals surface area (Å²) < 4.78 is 7.27. The molecule has 0 unspecified atom stereocenters. The number of aliphatic imine (C=N–C) groups is 1. The van der Waals surface area contributed by atoms with Crippen molar-refractivity contribution in [2.24, 2.45) is 4.99 Å². The van der Waals surface area contributed by atoms with Crippen LogP contribution in [0.4, 0.5) is 0 Å². The smallest absolute Gasteiger partial charge is 0.191 e. The molecule has 2 aromatic rings. The van der Waals surface area contributed by atoms with E-state index in [9.17, 15) is 0 Å². The van der Waals surface area contributed by atoms with Gasteiger partial charge < -0.3 is 15.2 Å². The minimum absolute atomic E-state index is 0. The van der Waals surface area contributed by atoms with Gasteiger partial charge in [-0.2, -0.15) is 5.10 Å². The molecule has 0 bridgehead atoms. The van der Waals surface area contributed by atoms with Crippen LogP contribution in [0.5, 0.6) is 0 Å². The summed E-state index contributed by atoms with van der Waals surface area (Å²) in [6.45, 7) is 6.44. The van der Waals surface area contributed by atoms with Gasteiger partial charge in [0, 0.05) is 38.0 Å². The van der Waals surface area contributed by atoms with E-state index in [2.05, 4.69) is 39.7 Å². The van der Waals surface area contributed by atoms with Gasteiger partial charge in [-0.1, -0.05) is 19.0 Å². The Morgan fingerprint density at radius 1 is 1.33 bits per heavy atom. The van der Waals surface area contributed by atoms with Crippen molar-refractivity contribution in [2.75, 3.05) is 13.6 Å². The minimum Gasteiger partial charge on any atom is -0.359 e. The third-order valence-electron chi connectivity index (χ3n) is 3.83. The molecule has 2 heterocycles. The monoisotopic (exact) mass is 446 g/mol. The number of rotatable bonds is 8. The first-order valence-electron chi connectivity index (χ1n) is 8.14. The predicted molar refractivity (Wildman–Crippen MR) is 106 cm³/mol. The van der Waals surface area contributed by atoms with E-state index < -0.39 is 0 Å². The average molecular weight is 446 g/mol. The number of nitrogens with one attached hydrogen (secondary N) is 2. The van der Waals surface area contributed by atoms with E-state index in [4.69, 9.17) is 4.52 Å². The molecule has 0 saturated carbocycles. The van der Waals surface area contributed by atoms with E-state index >= 15 is 0 Å². The van der Waals surface area contributed by atoms with E-state index in [1.54, 1.807) is 13.2 Å². The molecule has 0 atom stereocenters. The largest absolute Gasteiger partial charge is 0.359 e. The first-order valence-corrected chi connectivity index (χ1v) is 8.14. The molecule has 0 aliphatic heterocycles. The molecular weight excluding hydrogens is 419 g/mol. The number of nitrogens with zero attached hydrogens (tertiary/aromatic N) is 4. The van der Waals surface area contributed by atoms with Crippen molar-refractivity contribution in [1.29, 1.82) is 0 Å². The summed E-state index contributed by atoms with van der Waals surface area (Å²) in [6, 6.07) is 3.94. The first kappa shape index (κ1) is 20.5. The zero-order valence-corrected chi connectivity index (χ0v) is 16.9. The van der Waals surface area contributed by atoms with E-state index in [-0.39, 0.29) is 24.0 Å². The van der Waals surface area contributed by atoms with Crippen LogP contribution >= 0.6 is 24.0 Å². The fourth-order valence-electron chi connectivity index (χ4n) is 2.42. The molecular formula is C16H27IN6O. The molecule has 0 spiro atoms. The highest BCUT2D eigenvalue weighted by molar-refractivity contribution is 14.0. The van der Waals surface area contributed by atoms with Gasteiger partial charge in [-0.25, -0.2) is 0 Å². The fourth-order valence-corrected chi connectivity index (χ4v) is 2.42. The Hall–Kier alpha value is -1.58. The highest BCUT2D eigenvalue weighted by Gasteiger charge is 2.13. The maximum atomic E-state index is 5.40. The van der Waals surface area contributed by atoms with Gasteiger partial charge in [0.25, 0.3) is 0 Å². The van der Waals surface area contributed by atoms with Crippen LogP contribution in [0.2, 0.25) is 0 Å². The normalized spacial score (nSPS) is 11.4. The Morgan fingerprint density at radius 3 is 2.75 bits per heavy atom. The lowest BCUT2D eigenvalue weighted by atomic mass is 9.99. The molecule has 0 saturated heterocycles. The van der Waals surface area contributed by atoms with Gasteiger partial charge in [-0.05, 0) is 18.9 Å². The molecule has 0 radical (unpaired) electrons. The molecule has 0 amide bonds. The van der Waals surface area contributed by atoms with Gasteiger partial charge >= 0.3 is 0 Å². The second-order valence-corrected chi connectivity index (χ2v) is 5.35. The minimum atomic E-state index is 0. The molecule has 8 heteroatoms. The lowest BCUT2D eigenvalue weighted by molar-refractivity contribution is 0.368. The molecule has 0 aromatic carbocycles. The third kappa shape index (κ3) is 6.14. The molecule has 0 fully saturated rings. The SMILES string of the molecule is CCC(CC)c1cc(CNC(=NC)NCCn2cccn2)on1.I. The second kappa shape index (κ2) is 11.1. The third-order valence-corrected chi connectivity index (χ3v) is 3.83. The van der Waals surface area contributed by atoms with Crippen LogP contribution in [0, 0.1) is 0 Å². The highest BCUT2D eigenvalue weighted by Crippen LogP contribution is 2.22. The van der Waals surface area contributed by atoms with Crippen molar-refractivity contribution < 1.29 is 4.52 Å². The summed E-state index contributed by atoms with van der Waals surface area (Å²) in [4.78, 5) is 4.20. The lowest BCUT2D eigenvalue weighted by Crippen LogP contribution is -2.38. The number of hydrogen-bond acceptors (Lipinski definition) is 4. The molecule has 24 heavy (non-hydrogen) atoms. The van der Waals surface area contributed by atoms with Crippen LogP contribution in [0.3, 0.4) is 0 Å². The van der Waals surface area contributed by atoms with Gasteiger partial charge in [0.15, 0.2) is 11.7 Å². The molecule has 0 aliphatic carbocycles. The maximum absolute atomic E-state index is 5.40. The molecule has 7 nitrogen and oxygen atoms in total. The Morgan fingerprint density at radius 2 is 2.12 bits per heavy atom. The molecule has 0 aliphatic rings. The Bertz CT molecular complexity index is 591. The van der Waals surface area contributed by atoms with Crippen molar-refractivity contribution in [3.8, 4) is 0 Å². The zero-order chi connectivity index (χ0) is 16.5. The summed E-state index contributed by atoms with van der Waals surface area (Å²) in [7, 11) is 1.75. The summed E-state index contributed by atoms with van der Waals surface area (Å²) in [5, 5.41) is 14.8. The van der Waals surface area contributed by atoms with Crippen LogP contribution < -0.4 is 10.6 Å². The number of aromatic nitrogens is 3. The van der Waals surface area contributed by atoms with Crippen LogP contribution in [0.1, 0.15) is 44.1 Å². The topological polar surface area (TPSA) is 80.3 Å². The average Bonchev–Trinajstić information content (AvgIpc) is 3.24. The van der Waals surface area contributed by atoms with E-state index in [0.29, 0.717) is 12.5 Å². The molecule has 134 valence electrons. The van der Waals surface area contributed by atoms with E-state index in [1.807, 2.05) is 23.0 Å². The van der Waals surface area contributed by atoms with E-state index in [1.165, 1.54) is 0 Å². The fraction of sp³-hybridized carbons (Fsp3) is 0.562. The number of guanidine groups is 1. The summed E-state index contributed by atoms with van der Waals surface area (Å²) in [6.07, 6.45) is 5.86. The van der Waals surface area contributed by atoms with Gasteiger partial charge in [-0.3, -0.25) is 9.67 Å². The van der Waals surface area contributed by atoms with Crippen molar-refractivity contribution in [3.05, 3.63) is 36.0 Å². The van der Waals surface area contributed by atoms with Gasteiger partial charge in [0.1, 0.15) is 0 Å². The van der Waals surface area contributed by atoms with Crippen LogP contribution in [-0.4, -0.2) is 34.5 Å². The number of halogens is 1.